The number of benzene rings is 1. The van der Waals surface area contributed by atoms with Gasteiger partial charge in [0.1, 0.15) is 12.4 Å². The van der Waals surface area contributed by atoms with E-state index >= 15 is 0 Å². The summed E-state index contributed by atoms with van der Waals surface area (Å²) in [7, 11) is 1.47. The number of hydrogen-bond acceptors (Lipinski definition) is 3. The van der Waals surface area contributed by atoms with E-state index in [9.17, 15) is 8.42 Å². The number of ether oxygens (including phenoxy) is 1. The van der Waals surface area contributed by atoms with E-state index in [0.29, 0.717) is 14.7 Å². The second kappa shape index (κ2) is 6.43. The quantitative estimate of drug-likeness (QED) is 0.678. The van der Waals surface area contributed by atoms with E-state index in [4.69, 9.17) is 27.0 Å². The number of rotatable bonds is 4. The summed E-state index contributed by atoms with van der Waals surface area (Å²) in [6, 6.07) is 2.74. The van der Waals surface area contributed by atoms with E-state index in [-0.39, 0.29) is 11.5 Å². The van der Waals surface area contributed by atoms with E-state index in [1.165, 1.54) is 17.7 Å². The molecule has 1 rings (SSSR count). The molecule has 0 atom stereocenters. The van der Waals surface area contributed by atoms with Crippen molar-refractivity contribution in [3.8, 4) is 5.75 Å². The van der Waals surface area contributed by atoms with Crippen LogP contribution in [0.4, 0.5) is 0 Å². The van der Waals surface area contributed by atoms with Crippen LogP contribution in [-0.2, 0) is 9.05 Å². The Hall–Kier alpha value is 0.250. The van der Waals surface area contributed by atoms with Crippen LogP contribution in [0.3, 0.4) is 0 Å². The van der Waals surface area contributed by atoms with Gasteiger partial charge < -0.3 is 4.74 Å². The van der Waals surface area contributed by atoms with Gasteiger partial charge in [0.05, 0.1) is 13.8 Å². The van der Waals surface area contributed by atoms with E-state index in [2.05, 4.69) is 31.9 Å². The van der Waals surface area contributed by atoms with Crippen molar-refractivity contribution in [1.82, 2.24) is 0 Å². The summed E-state index contributed by atoms with van der Waals surface area (Å²) >= 11 is 11.8. The number of halogens is 4. The van der Waals surface area contributed by atoms with Crippen molar-refractivity contribution >= 4 is 63.2 Å². The van der Waals surface area contributed by atoms with Crippen LogP contribution in [0.2, 0.25) is 0 Å². The first-order valence-electron chi connectivity index (χ1n) is 4.18. The smallest absolute Gasteiger partial charge is 0.261 e. The van der Waals surface area contributed by atoms with E-state index in [0.717, 1.165) is 0 Å². The van der Waals surface area contributed by atoms with Crippen LogP contribution in [0.25, 0.3) is 0 Å². The van der Waals surface area contributed by atoms with Crippen LogP contribution in [0.5, 0.6) is 5.75 Å². The third kappa shape index (κ3) is 4.44. The van der Waals surface area contributed by atoms with Crippen LogP contribution in [0, 0.1) is 0 Å². The van der Waals surface area contributed by atoms with E-state index < -0.39 is 9.05 Å². The van der Waals surface area contributed by atoms with Crippen LogP contribution in [-0.4, -0.2) is 15.0 Å². The summed E-state index contributed by atoms with van der Waals surface area (Å²) < 4.78 is 28.7. The summed E-state index contributed by atoms with van der Waals surface area (Å²) in [6.07, 6.45) is 1.60. The predicted molar refractivity (Wildman–Crippen MR) is 75.4 cm³/mol. The molecule has 0 aliphatic heterocycles. The molecule has 8 heteroatoms. The van der Waals surface area contributed by atoms with Crippen molar-refractivity contribution in [3.63, 3.8) is 0 Å². The SMILES string of the molecule is O=S(=O)(Cl)c1cc(Br)c(OC/C=C/Cl)c(Br)c1. The summed E-state index contributed by atoms with van der Waals surface area (Å²) in [5.41, 5.74) is 1.33. The van der Waals surface area contributed by atoms with Gasteiger partial charge in [-0.05, 0) is 50.1 Å². The fraction of sp³-hybridized carbons (Fsp3) is 0.111. The van der Waals surface area contributed by atoms with Crippen molar-refractivity contribution in [2.75, 3.05) is 6.61 Å². The van der Waals surface area contributed by atoms with Crippen molar-refractivity contribution in [2.24, 2.45) is 0 Å². The molecule has 0 saturated heterocycles. The van der Waals surface area contributed by atoms with Gasteiger partial charge in [-0.3, -0.25) is 0 Å². The lowest BCUT2D eigenvalue weighted by molar-refractivity contribution is 0.358. The minimum absolute atomic E-state index is 0.0156. The molecule has 3 nitrogen and oxygen atoms in total. The van der Waals surface area contributed by atoms with Crippen molar-refractivity contribution < 1.29 is 13.2 Å². The first-order valence-corrected chi connectivity index (χ1v) is 8.51. The maximum absolute atomic E-state index is 11.2. The Labute approximate surface area is 125 Å². The van der Waals surface area contributed by atoms with Crippen LogP contribution >= 0.6 is 54.1 Å². The van der Waals surface area contributed by atoms with Gasteiger partial charge in [-0.1, -0.05) is 11.6 Å². The fourth-order valence-electron chi connectivity index (χ4n) is 0.983. The molecule has 0 radical (unpaired) electrons. The molecule has 0 bridgehead atoms. The van der Waals surface area contributed by atoms with Gasteiger partial charge in [0.15, 0.2) is 0 Å². The molecular formula is C9H6Br2Cl2O3S. The molecule has 0 aliphatic rings. The summed E-state index contributed by atoms with van der Waals surface area (Å²) in [6.45, 7) is 0.271. The highest BCUT2D eigenvalue weighted by molar-refractivity contribution is 9.11. The van der Waals surface area contributed by atoms with Gasteiger partial charge in [-0.25, -0.2) is 8.42 Å². The second-order valence-corrected chi connectivity index (χ2v) is 7.35. The normalized spacial score (nSPS) is 12.0. The lowest BCUT2D eigenvalue weighted by Gasteiger charge is -2.09. The minimum atomic E-state index is -3.77. The average molecular weight is 425 g/mol. The highest BCUT2D eigenvalue weighted by atomic mass is 79.9. The average Bonchev–Trinajstić information content (AvgIpc) is 2.20. The summed E-state index contributed by atoms with van der Waals surface area (Å²) in [4.78, 5) is -0.0156. The molecule has 1 aromatic carbocycles. The zero-order valence-corrected chi connectivity index (χ0v) is 13.7. The maximum Gasteiger partial charge on any atom is 0.261 e. The Balaban J connectivity index is 3.11. The number of hydrogen-bond donors (Lipinski definition) is 0. The molecule has 0 fully saturated rings. The lowest BCUT2D eigenvalue weighted by Crippen LogP contribution is -1.97. The van der Waals surface area contributed by atoms with Gasteiger partial charge >= 0.3 is 0 Å². The van der Waals surface area contributed by atoms with Crippen LogP contribution in [0.1, 0.15) is 0 Å². The third-order valence-corrected chi connectivity index (χ3v) is 4.36. The Bertz CT molecular complexity index is 520. The summed E-state index contributed by atoms with van der Waals surface area (Å²) in [5.74, 6) is 0.476. The molecule has 94 valence electrons. The highest BCUT2D eigenvalue weighted by Gasteiger charge is 2.16. The van der Waals surface area contributed by atoms with Gasteiger partial charge in [-0.2, -0.15) is 0 Å². The zero-order valence-electron chi connectivity index (χ0n) is 8.16. The molecule has 0 spiro atoms. The summed E-state index contributed by atoms with van der Waals surface area (Å²) in [5, 5.41) is 0. The lowest BCUT2D eigenvalue weighted by atomic mass is 10.3. The first kappa shape index (κ1) is 15.3. The Morgan fingerprint density at radius 1 is 1.29 bits per heavy atom. The highest BCUT2D eigenvalue weighted by Crippen LogP contribution is 2.36. The molecule has 17 heavy (non-hydrogen) atoms. The fourth-order valence-corrected chi connectivity index (χ4v) is 3.56. The minimum Gasteiger partial charge on any atom is -0.487 e. The maximum atomic E-state index is 11.2. The van der Waals surface area contributed by atoms with Gasteiger partial charge in [0.2, 0.25) is 0 Å². The third-order valence-electron chi connectivity index (χ3n) is 1.67. The molecule has 1 aromatic rings. The largest absolute Gasteiger partial charge is 0.487 e. The molecular weight excluding hydrogens is 419 g/mol. The zero-order chi connectivity index (χ0) is 13.1. The Morgan fingerprint density at radius 2 is 1.82 bits per heavy atom. The topological polar surface area (TPSA) is 43.4 Å². The van der Waals surface area contributed by atoms with Crippen LogP contribution < -0.4 is 4.74 Å². The van der Waals surface area contributed by atoms with Gasteiger partial charge in [-0.15, -0.1) is 0 Å². The van der Waals surface area contributed by atoms with Gasteiger partial charge in [0, 0.05) is 16.2 Å². The molecule has 0 unspecified atom stereocenters. The molecule has 0 heterocycles. The molecule has 0 N–H and O–H groups in total. The standard InChI is InChI=1S/C9H6Br2Cl2O3S/c10-7-4-6(17(13,14)15)5-8(11)9(7)16-3-1-2-12/h1-2,4-5H,3H2/b2-1+. The molecule has 0 amide bonds. The Kier molecular flexibility index (Phi) is 5.79. The first-order chi connectivity index (χ1) is 7.86. The predicted octanol–water partition coefficient (Wildman–Crippen LogP) is 4.27. The molecule has 0 aromatic heterocycles. The second-order valence-electron chi connectivity index (χ2n) is 2.83. The monoisotopic (exact) mass is 422 g/mol. The van der Waals surface area contributed by atoms with Crippen molar-refractivity contribution in [1.29, 1.82) is 0 Å². The van der Waals surface area contributed by atoms with Crippen LogP contribution in [0.15, 0.2) is 37.6 Å². The van der Waals surface area contributed by atoms with Crippen molar-refractivity contribution in [2.45, 2.75) is 4.90 Å². The van der Waals surface area contributed by atoms with E-state index in [1.807, 2.05) is 0 Å². The van der Waals surface area contributed by atoms with E-state index in [1.54, 1.807) is 6.08 Å². The molecule has 0 saturated carbocycles. The van der Waals surface area contributed by atoms with Crippen molar-refractivity contribution in [3.05, 3.63) is 32.7 Å². The molecule has 0 aliphatic carbocycles. The van der Waals surface area contributed by atoms with Gasteiger partial charge in [0.25, 0.3) is 9.05 Å². The Morgan fingerprint density at radius 3 is 2.24 bits per heavy atom.